The topological polar surface area (TPSA) is 81.7 Å². The monoisotopic (exact) mass is 257 g/mol. The Hall–Kier alpha value is -1.30. The molecular formula is C12H23N3O3. The number of carbonyl (C=O) groups excluding carboxylic acids is 1. The number of urea groups is 1. The van der Waals surface area contributed by atoms with Gasteiger partial charge in [0.25, 0.3) is 0 Å². The summed E-state index contributed by atoms with van der Waals surface area (Å²) in [6.45, 7) is 3.55. The van der Waals surface area contributed by atoms with Gasteiger partial charge in [-0.05, 0) is 32.9 Å². The van der Waals surface area contributed by atoms with Gasteiger partial charge in [-0.3, -0.25) is 4.79 Å². The molecule has 6 heteroatoms. The van der Waals surface area contributed by atoms with Crippen LogP contribution in [0.1, 0.15) is 32.6 Å². The second-order valence-electron chi connectivity index (χ2n) is 4.83. The standard InChI is InChI=1S/C12H23N3O3/c1-3-9(7-11(16)17)14-12(18)13-8-10-5-4-6-15(10)2/h9-10H,3-8H2,1-2H3,(H,16,17)(H2,13,14,18). The number of nitrogens with one attached hydrogen (secondary N) is 2. The summed E-state index contributed by atoms with van der Waals surface area (Å²) >= 11 is 0. The van der Waals surface area contributed by atoms with Crippen LogP contribution in [-0.4, -0.2) is 54.2 Å². The molecule has 1 aliphatic rings. The molecule has 0 radical (unpaired) electrons. The number of hydrogen-bond acceptors (Lipinski definition) is 3. The number of rotatable bonds is 6. The molecule has 0 aromatic rings. The van der Waals surface area contributed by atoms with Crippen LogP contribution < -0.4 is 10.6 Å². The predicted octanol–water partition coefficient (Wildman–Crippen LogP) is 0.633. The lowest BCUT2D eigenvalue weighted by Crippen LogP contribution is -2.46. The molecule has 2 atom stereocenters. The maximum atomic E-state index is 11.6. The summed E-state index contributed by atoms with van der Waals surface area (Å²) in [5.41, 5.74) is 0. The van der Waals surface area contributed by atoms with Crippen LogP contribution in [0.3, 0.4) is 0 Å². The number of aliphatic carboxylic acids is 1. The van der Waals surface area contributed by atoms with Crippen molar-refractivity contribution >= 4 is 12.0 Å². The van der Waals surface area contributed by atoms with E-state index in [2.05, 4.69) is 22.6 Å². The predicted molar refractivity (Wildman–Crippen MR) is 68.5 cm³/mol. The summed E-state index contributed by atoms with van der Waals surface area (Å²) in [5, 5.41) is 14.2. The van der Waals surface area contributed by atoms with Crippen molar-refractivity contribution in [3.05, 3.63) is 0 Å². The summed E-state index contributed by atoms with van der Waals surface area (Å²) in [5.74, 6) is -0.891. The maximum absolute atomic E-state index is 11.6. The largest absolute Gasteiger partial charge is 0.481 e. The van der Waals surface area contributed by atoms with Crippen molar-refractivity contribution < 1.29 is 14.7 Å². The second kappa shape index (κ2) is 7.20. The number of carbonyl (C=O) groups is 2. The quantitative estimate of drug-likeness (QED) is 0.652. The molecule has 1 fully saturated rings. The van der Waals surface area contributed by atoms with Crippen LogP contribution in [0.5, 0.6) is 0 Å². The molecule has 104 valence electrons. The highest BCUT2D eigenvalue weighted by atomic mass is 16.4. The first-order chi connectivity index (χ1) is 8.52. The summed E-state index contributed by atoms with van der Waals surface area (Å²) < 4.78 is 0. The molecule has 2 amide bonds. The van der Waals surface area contributed by atoms with Crippen LogP contribution in [0.15, 0.2) is 0 Å². The molecular weight excluding hydrogens is 234 g/mol. The number of carboxylic acid groups (broad SMARTS) is 1. The molecule has 0 aromatic carbocycles. The molecule has 0 bridgehead atoms. The summed E-state index contributed by atoms with van der Waals surface area (Å²) in [4.78, 5) is 24.4. The van der Waals surface area contributed by atoms with Crippen LogP contribution in [0.4, 0.5) is 4.79 Å². The lowest BCUT2D eigenvalue weighted by atomic mass is 10.1. The molecule has 18 heavy (non-hydrogen) atoms. The normalized spacial score (nSPS) is 21.6. The Labute approximate surface area is 108 Å². The molecule has 0 aliphatic carbocycles. The van der Waals surface area contributed by atoms with Gasteiger partial charge in [0.2, 0.25) is 0 Å². The molecule has 0 aromatic heterocycles. The summed E-state index contributed by atoms with van der Waals surface area (Å²) in [6, 6.07) is -0.178. The van der Waals surface area contributed by atoms with Gasteiger partial charge >= 0.3 is 12.0 Å². The third kappa shape index (κ3) is 4.91. The third-order valence-corrected chi connectivity index (χ3v) is 3.42. The van der Waals surface area contributed by atoms with Gasteiger partial charge in [0.05, 0.1) is 6.42 Å². The molecule has 1 saturated heterocycles. The van der Waals surface area contributed by atoms with Gasteiger partial charge in [0.15, 0.2) is 0 Å². The van der Waals surface area contributed by atoms with Crippen molar-refractivity contribution in [2.24, 2.45) is 0 Å². The molecule has 0 saturated carbocycles. The molecule has 2 unspecified atom stereocenters. The van der Waals surface area contributed by atoms with Crippen LogP contribution in [0.2, 0.25) is 0 Å². The first-order valence-corrected chi connectivity index (χ1v) is 6.49. The summed E-state index contributed by atoms with van der Waals surface area (Å²) in [7, 11) is 2.05. The highest BCUT2D eigenvalue weighted by Crippen LogP contribution is 2.13. The molecule has 1 rings (SSSR count). The zero-order valence-electron chi connectivity index (χ0n) is 11.1. The third-order valence-electron chi connectivity index (χ3n) is 3.42. The van der Waals surface area contributed by atoms with E-state index >= 15 is 0 Å². The van der Waals surface area contributed by atoms with Crippen LogP contribution in [-0.2, 0) is 4.79 Å². The van der Waals surface area contributed by atoms with Gasteiger partial charge < -0.3 is 20.6 Å². The average molecular weight is 257 g/mol. The maximum Gasteiger partial charge on any atom is 0.315 e. The summed E-state index contributed by atoms with van der Waals surface area (Å²) in [6.07, 6.45) is 2.85. The number of nitrogens with zero attached hydrogens (tertiary/aromatic N) is 1. The van der Waals surface area contributed by atoms with E-state index in [9.17, 15) is 9.59 Å². The van der Waals surface area contributed by atoms with Gasteiger partial charge in [0.1, 0.15) is 0 Å². The molecule has 1 heterocycles. The highest BCUT2D eigenvalue weighted by molar-refractivity contribution is 5.75. The van der Waals surface area contributed by atoms with Crippen LogP contribution in [0, 0.1) is 0 Å². The van der Waals surface area contributed by atoms with Gasteiger partial charge in [-0.15, -0.1) is 0 Å². The molecule has 3 N–H and O–H groups in total. The van der Waals surface area contributed by atoms with Crippen molar-refractivity contribution in [2.75, 3.05) is 20.1 Å². The second-order valence-corrected chi connectivity index (χ2v) is 4.83. The Balaban J connectivity index is 2.25. The van der Waals surface area contributed by atoms with Gasteiger partial charge in [-0.2, -0.15) is 0 Å². The van der Waals surface area contributed by atoms with Crippen molar-refractivity contribution in [3.8, 4) is 0 Å². The lowest BCUT2D eigenvalue weighted by molar-refractivity contribution is -0.137. The van der Waals surface area contributed by atoms with Crippen molar-refractivity contribution in [1.29, 1.82) is 0 Å². The van der Waals surface area contributed by atoms with E-state index in [1.165, 1.54) is 6.42 Å². The van der Waals surface area contributed by atoms with E-state index in [-0.39, 0.29) is 18.5 Å². The first kappa shape index (κ1) is 14.8. The number of hydrogen-bond donors (Lipinski definition) is 3. The fraction of sp³-hybridized carbons (Fsp3) is 0.833. The van der Waals surface area contributed by atoms with Gasteiger partial charge in [-0.25, -0.2) is 4.79 Å². The fourth-order valence-corrected chi connectivity index (χ4v) is 2.19. The average Bonchev–Trinajstić information content (AvgIpc) is 2.70. The zero-order valence-corrected chi connectivity index (χ0v) is 11.1. The van der Waals surface area contributed by atoms with E-state index in [4.69, 9.17) is 5.11 Å². The zero-order chi connectivity index (χ0) is 13.5. The SMILES string of the molecule is CCC(CC(=O)O)NC(=O)NCC1CCCN1C. The van der Waals surface area contributed by atoms with E-state index in [1.807, 2.05) is 6.92 Å². The fourth-order valence-electron chi connectivity index (χ4n) is 2.19. The minimum atomic E-state index is -0.891. The van der Waals surface area contributed by atoms with E-state index < -0.39 is 5.97 Å². The van der Waals surface area contributed by atoms with Crippen molar-refractivity contribution in [1.82, 2.24) is 15.5 Å². The number of carboxylic acids is 1. The lowest BCUT2D eigenvalue weighted by Gasteiger charge is -2.21. The molecule has 1 aliphatic heterocycles. The van der Waals surface area contributed by atoms with E-state index in [0.29, 0.717) is 19.0 Å². The number of amides is 2. The Morgan fingerprint density at radius 3 is 2.72 bits per heavy atom. The number of likely N-dealkylation sites (N-methyl/N-ethyl adjacent to an activating group) is 1. The van der Waals surface area contributed by atoms with Crippen molar-refractivity contribution in [3.63, 3.8) is 0 Å². The van der Waals surface area contributed by atoms with Crippen molar-refractivity contribution in [2.45, 2.75) is 44.7 Å². The molecule has 6 nitrogen and oxygen atoms in total. The van der Waals surface area contributed by atoms with E-state index in [1.54, 1.807) is 0 Å². The Kier molecular flexibility index (Phi) is 5.91. The van der Waals surface area contributed by atoms with Gasteiger partial charge in [0, 0.05) is 18.6 Å². The smallest absolute Gasteiger partial charge is 0.315 e. The molecule has 0 spiro atoms. The first-order valence-electron chi connectivity index (χ1n) is 6.49. The Bertz CT molecular complexity index is 296. The minimum Gasteiger partial charge on any atom is -0.481 e. The highest BCUT2D eigenvalue weighted by Gasteiger charge is 2.21. The number of likely N-dealkylation sites (tertiary alicyclic amines) is 1. The minimum absolute atomic E-state index is 0.0345. The van der Waals surface area contributed by atoms with E-state index in [0.717, 1.165) is 13.0 Å². The Morgan fingerprint density at radius 2 is 2.22 bits per heavy atom. The Morgan fingerprint density at radius 1 is 1.50 bits per heavy atom. The van der Waals surface area contributed by atoms with Gasteiger partial charge in [-0.1, -0.05) is 6.92 Å². The van der Waals surface area contributed by atoms with Crippen LogP contribution in [0.25, 0.3) is 0 Å². The van der Waals surface area contributed by atoms with Crippen LogP contribution >= 0.6 is 0 Å².